The van der Waals surface area contributed by atoms with E-state index in [0.717, 1.165) is 17.1 Å². The zero-order valence-electron chi connectivity index (χ0n) is 21.1. The molecular formula is C30H30O7S. The summed E-state index contributed by atoms with van der Waals surface area (Å²) in [6, 6.07) is 32.0. The zero-order chi connectivity index (χ0) is 26.6. The first kappa shape index (κ1) is 27.2. The highest BCUT2D eigenvalue weighted by molar-refractivity contribution is 7.87. The summed E-state index contributed by atoms with van der Waals surface area (Å²) in [5, 5.41) is 0. The van der Waals surface area contributed by atoms with Crippen LogP contribution in [0.15, 0.2) is 114 Å². The molecule has 7 nitrogen and oxygen atoms in total. The van der Waals surface area contributed by atoms with Gasteiger partial charge in [-0.25, -0.2) is 0 Å². The zero-order valence-corrected chi connectivity index (χ0v) is 21.9. The fourth-order valence-corrected chi connectivity index (χ4v) is 4.39. The van der Waals surface area contributed by atoms with Crippen molar-refractivity contribution in [2.75, 3.05) is 26.4 Å². The van der Waals surface area contributed by atoms with Crippen molar-refractivity contribution in [3.05, 3.63) is 120 Å². The lowest BCUT2D eigenvalue weighted by atomic mass is 10.2. The van der Waals surface area contributed by atoms with Gasteiger partial charge in [-0.2, -0.15) is 8.42 Å². The van der Waals surface area contributed by atoms with Gasteiger partial charge in [0.05, 0.1) is 13.2 Å². The maximum absolute atomic E-state index is 12.6. The van der Waals surface area contributed by atoms with Gasteiger partial charge in [0.15, 0.2) is 6.29 Å². The number of ether oxygens (including phenoxy) is 4. The van der Waals surface area contributed by atoms with Crippen LogP contribution < -0.4 is 13.7 Å². The van der Waals surface area contributed by atoms with Crippen molar-refractivity contribution < 1.29 is 31.5 Å². The van der Waals surface area contributed by atoms with Gasteiger partial charge in [-0.15, -0.1) is 0 Å². The van der Waals surface area contributed by atoms with Gasteiger partial charge in [0.25, 0.3) is 0 Å². The highest BCUT2D eigenvalue weighted by Crippen LogP contribution is 2.25. The molecule has 0 saturated heterocycles. The van der Waals surface area contributed by atoms with Crippen molar-refractivity contribution >= 4 is 10.1 Å². The van der Waals surface area contributed by atoms with E-state index >= 15 is 0 Å². The Bertz CT molecular complexity index is 1290. The van der Waals surface area contributed by atoms with Crippen molar-refractivity contribution in [3.8, 4) is 17.2 Å². The summed E-state index contributed by atoms with van der Waals surface area (Å²) < 4.78 is 53.9. The molecule has 0 bridgehead atoms. The Kier molecular flexibility index (Phi) is 9.75. The summed E-state index contributed by atoms with van der Waals surface area (Å²) in [6.07, 6.45) is -0.712. The second-order valence-corrected chi connectivity index (χ2v) is 9.86. The second-order valence-electron chi connectivity index (χ2n) is 8.32. The Labute approximate surface area is 223 Å². The fourth-order valence-electron chi connectivity index (χ4n) is 3.46. The molecule has 0 N–H and O–H groups in total. The first-order valence-electron chi connectivity index (χ1n) is 12.2. The predicted octanol–water partition coefficient (Wildman–Crippen LogP) is 5.95. The van der Waals surface area contributed by atoms with Crippen LogP contribution in [-0.4, -0.2) is 34.8 Å². The summed E-state index contributed by atoms with van der Waals surface area (Å²) in [6.45, 7) is 3.11. The molecule has 0 aliphatic rings. The number of para-hydroxylation sites is 2. The molecule has 0 unspecified atom stereocenters. The molecule has 4 aromatic rings. The quantitative estimate of drug-likeness (QED) is 0.112. The van der Waals surface area contributed by atoms with E-state index in [-0.39, 0.29) is 23.9 Å². The summed E-state index contributed by atoms with van der Waals surface area (Å²) in [4.78, 5) is 0.0913. The standard InChI is InChI=1S/C30H30O7S/c1-24-12-18-29(19-13-24)38(31,32)37-28-16-14-25(15-17-28)30(35-22-20-33-26-8-4-2-5-9-26)36-23-21-34-27-10-6-3-7-11-27/h2-19,30H,20-23H2,1H3. The summed E-state index contributed by atoms with van der Waals surface area (Å²) >= 11 is 0. The van der Waals surface area contributed by atoms with Gasteiger partial charge in [0.2, 0.25) is 0 Å². The Morgan fingerprint density at radius 3 is 1.58 bits per heavy atom. The van der Waals surface area contributed by atoms with Crippen LogP contribution in [0.5, 0.6) is 17.2 Å². The van der Waals surface area contributed by atoms with E-state index in [1.807, 2.05) is 67.6 Å². The van der Waals surface area contributed by atoms with Crippen molar-refractivity contribution in [1.29, 1.82) is 0 Å². The molecule has 198 valence electrons. The van der Waals surface area contributed by atoms with Crippen LogP contribution in [0, 0.1) is 6.92 Å². The summed E-state index contributed by atoms with van der Waals surface area (Å²) in [5.74, 6) is 1.69. The highest BCUT2D eigenvalue weighted by Gasteiger charge is 2.18. The minimum Gasteiger partial charge on any atom is -0.491 e. The van der Waals surface area contributed by atoms with E-state index < -0.39 is 16.4 Å². The van der Waals surface area contributed by atoms with Gasteiger partial charge in [-0.3, -0.25) is 0 Å². The van der Waals surface area contributed by atoms with Crippen LogP contribution in [0.25, 0.3) is 0 Å². The van der Waals surface area contributed by atoms with Crippen LogP contribution in [0.3, 0.4) is 0 Å². The monoisotopic (exact) mass is 534 g/mol. The minimum absolute atomic E-state index is 0.0913. The van der Waals surface area contributed by atoms with E-state index in [1.54, 1.807) is 36.4 Å². The van der Waals surface area contributed by atoms with Crippen LogP contribution in [-0.2, 0) is 19.6 Å². The average Bonchev–Trinajstić information content (AvgIpc) is 2.94. The minimum atomic E-state index is -3.95. The van der Waals surface area contributed by atoms with Crippen molar-refractivity contribution in [1.82, 2.24) is 0 Å². The normalized spacial score (nSPS) is 11.3. The SMILES string of the molecule is Cc1ccc(S(=O)(=O)Oc2ccc(C(OCCOc3ccccc3)OCCOc3ccccc3)cc2)cc1. The van der Waals surface area contributed by atoms with Crippen molar-refractivity contribution in [3.63, 3.8) is 0 Å². The maximum atomic E-state index is 12.6. The van der Waals surface area contributed by atoms with Gasteiger partial charge in [-0.05, 0) is 55.5 Å². The van der Waals surface area contributed by atoms with Crippen molar-refractivity contribution in [2.24, 2.45) is 0 Å². The number of hydrogen-bond acceptors (Lipinski definition) is 7. The number of aryl methyl sites for hydroxylation is 1. The predicted molar refractivity (Wildman–Crippen MR) is 144 cm³/mol. The average molecular weight is 535 g/mol. The molecule has 0 aliphatic carbocycles. The van der Waals surface area contributed by atoms with Crippen LogP contribution in [0.4, 0.5) is 0 Å². The van der Waals surface area contributed by atoms with Crippen LogP contribution in [0.1, 0.15) is 17.4 Å². The summed E-state index contributed by atoms with van der Waals surface area (Å²) in [5.41, 5.74) is 1.66. The third kappa shape index (κ3) is 8.34. The smallest absolute Gasteiger partial charge is 0.339 e. The Balaban J connectivity index is 1.36. The van der Waals surface area contributed by atoms with Gasteiger partial charge in [0, 0.05) is 5.56 Å². The first-order valence-corrected chi connectivity index (χ1v) is 13.6. The molecule has 0 radical (unpaired) electrons. The molecule has 0 amide bonds. The van der Waals surface area contributed by atoms with Crippen molar-refractivity contribution in [2.45, 2.75) is 18.1 Å². The Hall–Kier alpha value is -3.85. The molecule has 0 aliphatic heterocycles. The molecule has 4 aromatic carbocycles. The van der Waals surface area contributed by atoms with E-state index in [4.69, 9.17) is 23.1 Å². The van der Waals surface area contributed by atoms with E-state index in [9.17, 15) is 8.42 Å². The molecule has 4 rings (SSSR count). The number of benzene rings is 4. The van der Waals surface area contributed by atoms with E-state index in [1.165, 1.54) is 12.1 Å². The van der Waals surface area contributed by atoms with Gasteiger partial charge in [-0.1, -0.05) is 66.2 Å². The lowest BCUT2D eigenvalue weighted by molar-refractivity contribution is -0.154. The summed E-state index contributed by atoms with van der Waals surface area (Å²) in [7, 11) is -3.95. The first-order chi connectivity index (χ1) is 18.5. The van der Waals surface area contributed by atoms with E-state index in [0.29, 0.717) is 18.8 Å². The molecule has 0 fully saturated rings. The Morgan fingerprint density at radius 1 is 0.579 bits per heavy atom. The third-order valence-electron chi connectivity index (χ3n) is 5.40. The largest absolute Gasteiger partial charge is 0.491 e. The Morgan fingerprint density at radius 2 is 1.08 bits per heavy atom. The maximum Gasteiger partial charge on any atom is 0.339 e. The van der Waals surface area contributed by atoms with Gasteiger partial charge >= 0.3 is 10.1 Å². The highest BCUT2D eigenvalue weighted by atomic mass is 32.2. The van der Waals surface area contributed by atoms with Gasteiger partial charge in [0.1, 0.15) is 35.4 Å². The fraction of sp³-hybridized carbons (Fsp3) is 0.200. The lowest BCUT2D eigenvalue weighted by Crippen LogP contribution is -2.17. The molecule has 0 heterocycles. The van der Waals surface area contributed by atoms with Crippen LogP contribution >= 0.6 is 0 Å². The molecule has 0 spiro atoms. The number of hydrogen-bond donors (Lipinski definition) is 0. The van der Waals surface area contributed by atoms with E-state index in [2.05, 4.69) is 0 Å². The third-order valence-corrected chi connectivity index (χ3v) is 6.66. The van der Waals surface area contributed by atoms with Gasteiger partial charge < -0.3 is 23.1 Å². The molecule has 0 aromatic heterocycles. The molecule has 0 saturated carbocycles. The molecule has 8 heteroatoms. The lowest BCUT2D eigenvalue weighted by Gasteiger charge is -2.20. The topological polar surface area (TPSA) is 80.3 Å². The molecule has 0 atom stereocenters. The van der Waals surface area contributed by atoms with Crippen LogP contribution in [0.2, 0.25) is 0 Å². The number of rotatable bonds is 14. The molecule has 38 heavy (non-hydrogen) atoms. The molecular weight excluding hydrogens is 504 g/mol. The second kappa shape index (κ2) is 13.6.